The Bertz CT molecular complexity index is 1080. The molecule has 3 nitrogen and oxygen atoms in total. The molecule has 4 rings (SSSR count). The van der Waals surface area contributed by atoms with Crippen LogP contribution in [0.2, 0.25) is 0 Å². The van der Waals surface area contributed by atoms with Crippen molar-refractivity contribution in [3.05, 3.63) is 78.0 Å². The van der Waals surface area contributed by atoms with E-state index in [2.05, 4.69) is 9.97 Å². The fourth-order valence-corrected chi connectivity index (χ4v) is 3.30. The lowest BCUT2D eigenvalue weighted by molar-refractivity contribution is 0.104. The highest BCUT2D eigenvalue weighted by molar-refractivity contribution is 7.17. The standard InChI is InChI=1S/C21H17F2N2OP/c1-13-19(14-7-3-2-4-8-14)25-20(24-13)18-12-11-17(26-18)15-9-5-6-10-16(15)21(22,23)27/h2-12H,27H2,1H3,(H,24,25). The Labute approximate surface area is 157 Å². The van der Waals surface area contributed by atoms with E-state index in [-0.39, 0.29) is 5.56 Å². The summed E-state index contributed by atoms with van der Waals surface area (Å²) >= 11 is 0. The van der Waals surface area contributed by atoms with Crippen LogP contribution in [-0.2, 0) is 5.66 Å². The van der Waals surface area contributed by atoms with Gasteiger partial charge in [0, 0.05) is 22.4 Å². The SMILES string of the molecule is Cc1[nH]c(-c2ccc(-c3ccccc3C(F)(F)P)o2)nc1-c1ccccc1. The van der Waals surface area contributed by atoms with Gasteiger partial charge >= 0.3 is 0 Å². The lowest BCUT2D eigenvalue weighted by Crippen LogP contribution is -2.04. The fraction of sp³-hybridized carbons (Fsp3) is 0.0952. The smallest absolute Gasteiger partial charge is 0.284 e. The van der Waals surface area contributed by atoms with Crippen molar-refractivity contribution in [2.75, 3.05) is 0 Å². The number of rotatable bonds is 4. The Kier molecular flexibility index (Phi) is 4.40. The van der Waals surface area contributed by atoms with Crippen LogP contribution in [0.4, 0.5) is 8.78 Å². The number of alkyl halides is 2. The predicted octanol–water partition coefficient (Wildman–Crippen LogP) is 6.24. The van der Waals surface area contributed by atoms with E-state index < -0.39 is 5.66 Å². The lowest BCUT2D eigenvalue weighted by Gasteiger charge is -2.13. The number of hydrogen-bond acceptors (Lipinski definition) is 2. The van der Waals surface area contributed by atoms with Gasteiger partial charge in [-0.2, -0.15) is 8.78 Å². The number of nitrogens with one attached hydrogen (secondary N) is 1. The minimum atomic E-state index is -3.04. The zero-order chi connectivity index (χ0) is 19.0. The first kappa shape index (κ1) is 17.6. The van der Waals surface area contributed by atoms with Crippen molar-refractivity contribution in [2.45, 2.75) is 12.6 Å². The third-order valence-electron chi connectivity index (χ3n) is 4.32. The van der Waals surface area contributed by atoms with Crippen LogP contribution in [0.15, 0.2) is 71.1 Å². The van der Waals surface area contributed by atoms with Gasteiger partial charge in [-0.3, -0.25) is 0 Å². The molecule has 0 amide bonds. The molecule has 1 atom stereocenters. The molecular formula is C21H17F2N2OP. The molecule has 2 heterocycles. The van der Waals surface area contributed by atoms with Crippen LogP contribution in [0.5, 0.6) is 0 Å². The topological polar surface area (TPSA) is 41.8 Å². The summed E-state index contributed by atoms with van der Waals surface area (Å²) in [6.07, 6.45) is 0. The van der Waals surface area contributed by atoms with E-state index >= 15 is 0 Å². The monoisotopic (exact) mass is 382 g/mol. The summed E-state index contributed by atoms with van der Waals surface area (Å²) in [5, 5.41) is 0. The van der Waals surface area contributed by atoms with Crippen LogP contribution >= 0.6 is 9.24 Å². The molecule has 0 saturated carbocycles. The minimum Gasteiger partial charge on any atom is -0.453 e. The molecule has 0 aliphatic rings. The van der Waals surface area contributed by atoms with Gasteiger partial charge in [0.25, 0.3) is 5.66 Å². The maximum atomic E-state index is 13.9. The summed E-state index contributed by atoms with van der Waals surface area (Å²) in [6.45, 7) is 1.94. The van der Waals surface area contributed by atoms with E-state index in [1.165, 1.54) is 6.07 Å². The largest absolute Gasteiger partial charge is 0.453 e. The fourth-order valence-electron chi connectivity index (χ4n) is 3.05. The van der Waals surface area contributed by atoms with Gasteiger partial charge in [0.2, 0.25) is 0 Å². The molecule has 0 bridgehead atoms. The van der Waals surface area contributed by atoms with E-state index in [1.807, 2.05) is 37.3 Å². The van der Waals surface area contributed by atoms with Gasteiger partial charge in [-0.1, -0.05) is 63.8 Å². The molecule has 0 radical (unpaired) electrons. The highest BCUT2D eigenvalue weighted by atomic mass is 31.0. The molecule has 27 heavy (non-hydrogen) atoms. The molecule has 1 N–H and O–H groups in total. The van der Waals surface area contributed by atoms with Crippen LogP contribution in [-0.4, -0.2) is 9.97 Å². The molecule has 1 unspecified atom stereocenters. The number of aromatic amines is 1. The summed E-state index contributed by atoms with van der Waals surface area (Å²) in [5.74, 6) is 1.43. The van der Waals surface area contributed by atoms with Crippen molar-refractivity contribution in [3.63, 3.8) is 0 Å². The van der Waals surface area contributed by atoms with Crippen LogP contribution in [0.3, 0.4) is 0 Å². The van der Waals surface area contributed by atoms with Crippen molar-refractivity contribution in [1.82, 2.24) is 9.97 Å². The number of nitrogens with zero attached hydrogens (tertiary/aromatic N) is 1. The molecule has 4 aromatic rings. The zero-order valence-electron chi connectivity index (χ0n) is 14.5. The summed E-state index contributed by atoms with van der Waals surface area (Å²) < 4.78 is 33.6. The van der Waals surface area contributed by atoms with Gasteiger partial charge in [-0.25, -0.2) is 4.98 Å². The number of halogens is 2. The Morgan fingerprint density at radius 3 is 2.33 bits per heavy atom. The van der Waals surface area contributed by atoms with Crippen LogP contribution < -0.4 is 0 Å². The van der Waals surface area contributed by atoms with Crippen molar-refractivity contribution in [1.29, 1.82) is 0 Å². The normalized spacial score (nSPS) is 11.7. The van der Waals surface area contributed by atoms with E-state index in [4.69, 9.17) is 4.42 Å². The second kappa shape index (κ2) is 6.75. The highest BCUT2D eigenvalue weighted by Crippen LogP contribution is 2.41. The van der Waals surface area contributed by atoms with Crippen LogP contribution in [0, 0.1) is 6.92 Å². The quantitative estimate of drug-likeness (QED) is 0.425. The summed E-state index contributed by atoms with van der Waals surface area (Å²) in [6, 6.07) is 19.6. The first-order chi connectivity index (χ1) is 12.9. The molecule has 2 aromatic heterocycles. The number of aromatic nitrogens is 2. The maximum absolute atomic E-state index is 13.9. The van der Waals surface area contributed by atoms with Crippen molar-refractivity contribution in [3.8, 4) is 34.2 Å². The third kappa shape index (κ3) is 3.43. The Morgan fingerprint density at radius 2 is 1.59 bits per heavy atom. The summed E-state index contributed by atoms with van der Waals surface area (Å²) in [5.41, 5.74) is -0.0405. The maximum Gasteiger partial charge on any atom is 0.284 e. The first-order valence-electron chi connectivity index (χ1n) is 8.42. The number of benzene rings is 2. The highest BCUT2D eigenvalue weighted by Gasteiger charge is 2.29. The Morgan fingerprint density at radius 1 is 0.926 bits per heavy atom. The Hall–Kier alpha value is -2.78. The number of H-pyrrole nitrogens is 1. The number of furan rings is 1. The van der Waals surface area contributed by atoms with Crippen molar-refractivity contribution >= 4 is 9.24 Å². The predicted molar refractivity (Wildman–Crippen MR) is 106 cm³/mol. The van der Waals surface area contributed by atoms with Crippen LogP contribution in [0.1, 0.15) is 11.3 Å². The average molecular weight is 382 g/mol. The number of aryl methyl sites for hydroxylation is 1. The summed E-state index contributed by atoms with van der Waals surface area (Å²) in [7, 11) is 1.57. The van der Waals surface area contributed by atoms with Crippen molar-refractivity contribution in [2.24, 2.45) is 0 Å². The number of hydrogen-bond donors (Lipinski definition) is 1. The van der Waals surface area contributed by atoms with E-state index in [9.17, 15) is 8.78 Å². The summed E-state index contributed by atoms with van der Waals surface area (Å²) in [4.78, 5) is 7.84. The van der Waals surface area contributed by atoms with Gasteiger partial charge in [-0.05, 0) is 19.1 Å². The van der Waals surface area contributed by atoms with E-state index in [0.29, 0.717) is 22.9 Å². The average Bonchev–Trinajstić information content (AvgIpc) is 3.28. The number of imidazole rings is 1. The second-order valence-corrected chi connectivity index (χ2v) is 6.98. The molecule has 136 valence electrons. The lowest BCUT2D eigenvalue weighted by atomic mass is 10.1. The molecule has 0 saturated heterocycles. The molecule has 0 aliphatic carbocycles. The van der Waals surface area contributed by atoms with Gasteiger partial charge in [0.15, 0.2) is 11.6 Å². The second-order valence-electron chi connectivity index (χ2n) is 6.26. The van der Waals surface area contributed by atoms with Gasteiger partial charge in [0.1, 0.15) is 5.76 Å². The first-order valence-corrected chi connectivity index (χ1v) is 9.00. The molecule has 0 fully saturated rings. The zero-order valence-corrected chi connectivity index (χ0v) is 15.7. The third-order valence-corrected chi connectivity index (χ3v) is 4.63. The van der Waals surface area contributed by atoms with E-state index in [1.54, 1.807) is 39.6 Å². The van der Waals surface area contributed by atoms with Gasteiger partial charge in [0.05, 0.1) is 5.69 Å². The molecule has 0 spiro atoms. The van der Waals surface area contributed by atoms with Crippen LogP contribution in [0.25, 0.3) is 34.2 Å². The van der Waals surface area contributed by atoms with Gasteiger partial charge in [-0.15, -0.1) is 0 Å². The molecule has 6 heteroatoms. The van der Waals surface area contributed by atoms with Crippen molar-refractivity contribution < 1.29 is 13.2 Å². The van der Waals surface area contributed by atoms with E-state index in [0.717, 1.165) is 17.0 Å². The molecule has 0 aliphatic heterocycles. The Balaban J connectivity index is 1.73. The van der Waals surface area contributed by atoms with Gasteiger partial charge < -0.3 is 9.40 Å². The molecule has 2 aromatic carbocycles. The minimum absolute atomic E-state index is 0.100. The molecular weight excluding hydrogens is 365 g/mol.